The third-order valence-electron chi connectivity index (χ3n) is 6.57. The maximum atomic E-state index is 13.1. The highest BCUT2D eigenvalue weighted by Crippen LogP contribution is 2.35. The number of carbonyl (C=O) groups excluding carboxylic acids is 2. The summed E-state index contributed by atoms with van der Waals surface area (Å²) in [5, 5.41) is 15.4. The molecule has 0 fully saturated rings. The number of benzene rings is 3. The van der Waals surface area contributed by atoms with Crippen LogP contribution in [-0.2, 0) is 14.3 Å². The minimum atomic E-state index is -5.38. The number of hydrogen-bond acceptors (Lipinski definition) is 10. The number of nitrogens with two attached hydrogens (primary N) is 1. The molecular formula is C30H30F3N7O7. The van der Waals surface area contributed by atoms with Crippen LogP contribution in [0.5, 0.6) is 17.2 Å². The molecule has 1 aromatic heterocycles. The van der Waals surface area contributed by atoms with Gasteiger partial charge < -0.3 is 34.9 Å². The van der Waals surface area contributed by atoms with Gasteiger partial charge >= 0.3 is 30.0 Å². The number of hydrogen-bond donors (Lipinski definition) is 4. The molecule has 0 saturated heterocycles. The zero-order valence-electron chi connectivity index (χ0n) is 25.4. The number of amidine groups is 1. The van der Waals surface area contributed by atoms with Crippen LogP contribution in [0.3, 0.4) is 0 Å². The van der Waals surface area contributed by atoms with E-state index in [4.69, 9.17) is 25.4 Å². The van der Waals surface area contributed by atoms with Gasteiger partial charge in [0.1, 0.15) is 23.3 Å². The lowest BCUT2D eigenvalue weighted by atomic mass is 10.0. The number of anilines is 1. The van der Waals surface area contributed by atoms with Crippen LogP contribution in [0.4, 0.5) is 18.9 Å². The van der Waals surface area contributed by atoms with Gasteiger partial charge in [0, 0.05) is 25.3 Å². The number of aromatic nitrogens is 3. The number of para-hydroxylation sites is 2. The lowest BCUT2D eigenvalue weighted by molar-refractivity contribution is -0.217. The van der Waals surface area contributed by atoms with Crippen LogP contribution < -0.4 is 31.0 Å². The third-order valence-corrected chi connectivity index (χ3v) is 6.57. The predicted octanol–water partition coefficient (Wildman–Crippen LogP) is 2.96. The van der Waals surface area contributed by atoms with Crippen molar-refractivity contribution in [3.63, 3.8) is 0 Å². The van der Waals surface area contributed by atoms with Gasteiger partial charge in [-0.25, -0.2) is 9.59 Å². The smallest absolute Gasteiger partial charge is 0.491 e. The molecule has 0 spiro atoms. The molecule has 4 rings (SSSR count). The molecule has 0 bridgehead atoms. The quantitative estimate of drug-likeness (QED) is 0.0764. The summed E-state index contributed by atoms with van der Waals surface area (Å²) >= 11 is 0. The number of ether oxygens (including phenoxy) is 4. The number of methoxy groups -OCH3 is 2. The number of nitrogens with zero attached hydrogens (tertiary/aromatic N) is 3. The fraction of sp³-hybridized carbons (Fsp3) is 0.233. The van der Waals surface area contributed by atoms with E-state index in [2.05, 4.69) is 20.1 Å². The van der Waals surface area contributed by atoms with Crippen LogP contribution in [0.25, 0.3) is 5.69 Å². The summed E-state index contributed by atoms with van der Waals surface area (Å²) in [7, 11) is 5.18. The van der Waals surface area contributed by atoms with Crippen molar-refractivity contribution >= 4 is 23.4 Å². The summed E-state index contributed by atoms with van der Waals surface area (Å²) in [6, 6.07) is 16.6. The van der Waals surface area contributed by atoms with Crippen molar-refractivity contribution in [1.82, 2.24) is 19.7 Å². The first-order chi connectivity index (χ1) is 22.2. The number of nitrogens with one attached hydrogen (secondary N) is 3. The number of aromatic amines is 1. The number of alkyl halides is 3. The van der Waals surface area contributed by atoms with Gasteiger partial charge in [-0.1, -0.05) is 18.2 Å². The first-order valence-corrected chi connectivity index (χ1v) is 13.6. The maximum absolute atomic E-state index is 13.1. The Bertz CT molecular complexity index is 1820. The Kier molecular flexibility index (Phi) is 10.1. The van der Waals surface area contributed by atoms with Crippen molar-refractivity contribution in [2.75, 3.05) is 33.6 Å². The molecule has 248 valence electrons. The number of nitrogen functional groups attached to an aromatic ring is 1. The molecule has 0 aliphatic carbocycles. The van der Waals surface area contributed by atoms with E-state index in [-0.39, 0.29) is 23.2 Å². The monoisotopic (exact) mass is 657 g/mol. The highest BCUT2D eigenvalue weighted by Gasteiger charge is 2.44. The minimum Gasteiger partial charge on any atom is -0.494 e. The number of rotatable bonds is 12. The molecule has 5 N–H and O–H groups in total. The highest BCUT2D eigenvalue weighted by molar-refractivity contribution is 5.95. The Morgan fingerprint density at radius 2 is 1.66 bits per heavy atom. The third kappa shape index (κ3) is 7.81. The molecular weight excluding hydrogens is 627 g/mol. The molecule has 1 heterocycles. The number of halogens is 3. The number of carbonyl (C=O) groups is 2. The largest absolute Gasteiger partial charge is 0.494 e. The number of likely N-dealkylation sites (N-methyl/N-ethyl adjacent to an activating group) is 1. The van der Waals surface area contributed by atoms with Gasteiger partial charge in [0.15, 0.2) is 17.3 Å². The molecule has 14 nitrogen and oxygen atoms in total. The van der Waals surface area contributed by atoms with Crippen molar-refractivity contribution in [1.29, 1.82) is 5.41 Å². The molecule has 17 heteroatoms. The minimum absolute atomic E-state index is 0.0626. The topological polar surface area (TPSA) is 187 Å². The summed E-state index contributed by atoms with van der Waals surface area (Å²) in [5.41, 5.74) is 6.76. The Hall–Kier alpha value is -6.00. The van der Waals surface area contributed by atoms with Gasteiger partial charge in [-0.15, -0.1) is 5.10 Å². The fourth-order valence-electron chi connectivity index (χ4n) is 4.24. The molecule has 0 saturated carbocycles. The van der Waals surface area contributed by atoms with Crippen molar-refractivity contribution in [3.05, 3.63) is 94.2 Å². The Morgan fingerprint density at radius 1 is 1.00 bits per heavy atom. The highest BCUT2D eigenvalue weighted by atomic mass is 19.4. The van der Waals surface area contributed by atoms with E-state index in [1.807, 2.05) is 0 Å². The van der Waals surface area contributed by atoms with Crippen molar-refractivity contribution in [2.45, 2.75) is 18.5 Å². The summed E-state index contributed by atoms with van der Waals surface area (Å²) in [6.45, 7) is 0. The Labute approximate surface area is 265 Å². The second-order valence-electron chi connectivity index (χ2n) is 9.96. The Balaban J connectivity index is 1.77. The van der Waals surface area contributed by atoms with Crippen molar-refractivity contribution in [3.8, 4) is 22.9 Å². The lowest BCUT2D eigenvalue weighted by Crippen LogP contribution is -2.43. The van der Waals surface area contributed by atoms with E-state index in [1.165, 1.54) is 46.5 Å². The van der Waals surface area contributed by atoms with E-state index in [1.54, 1.807) is 48.5 Å². The molecule has 0 aliphatic rings. The fourth-order valence-corrected chi connectivity index (χ4v) is 4.24. The van der Waals surface area contributed by atoms with Crippen molar-refractivity contribution < 1.29 is 41.7 Å². The SMILES string of the molecule is COc1cc(C(Nc2ccc(C(=N)N)cc2)c2nn(-c3ccccc3OC)c(=O)[nH]2)ccc1OC(OC(=O)C(F)(F)F)C(=O)N(C)C. The number of amides is 1. The van der Waals surface area contributed by atoms with Gasteiger partial charge in [0.25, 0.3) is 0 Å². The normalized spacial score (nSPS) is 12.4. The summed E-state index contributed by atoms with van der Waals surface area (Å²) in [5.74, 6) is -3.62. The van der Waals surface area contributed by atoms with Crippen LogP contribution in [0, 0.1) is 5.41 Å². The summed E-state index contributed by atoms with van der Waals surface area (Å²) < 4.78 is 60.5. The summed E-state index contributed by atoms with van der Waals surface area (Å²) in [6.07, 6.45) is -7.67. The zero-order chi connectivity index (χ0) is 34.5. The average Bonchev–Trinajstić information content (AvgIpc) is 3.43. The van der Waals surface area contributed by atoms with E-state index in [0.29, 0.717) is 28.3 Å². The first-order valence-electron chi connectivity index (χ1n) is 13.6. The van der Waals surface area contributed by atoms with E-state index in [0.717, 1.165) is 9.58 Å². The van der Waals surface area contributed by atoms with E-state index in [9.17, 15) is 27.6 Å². The van der Waals surface area contributed by atoms with Crippen LogP contribution in [-0.4, -0.2) is 78.2 Å². The molecule has 2 unspecified atom stereocenters. The van der Waals surface area contributed by atoms with Crippen molar-refractivity contribution in [2.24, 2.45) is 5.73 Å². The predicted molar refractivity (Wildman–Crippen MR) is 162 cm³/mol. The van der Waals surface area contributed by atoms with Crippen LogP contribution >= 0.6 is 0 Å². The number of esters is 1. The van der Waals surface area contributed by atoms with Gasteiger partial charge in [-0.3, -0.25) is 15.2 Å². The van der Waals surface area contributed by atoms with Gasteiger partial charge in [-0.2, -0.15) is 17.9 Å². The van der Waals surface area contributed by atoms with Crippen LogP contribution in [0.15, 0.2) is 71.5 Å². The second kappa shape index (κ2) is 14.0. The molecule has 0 radical (unpaired) electrons. The maximum Gasteiger partial charge on any atom is 0.491 e. The van der Waals surface area contributed by atoms with E-state index >= 15 is 0 Å². The van der Waals surface area contributed by atoms with E-state index < -0.39 is 36.1 Å². The first kappa shape index (κ1) is 33.9. The van der Waals surface area contributed by atoms with Gasteiger partial charge in [0.05, 0.1) is 14.2 Å². The number of H-pyrrole nitrogens is 1. The average molecular weight is 658 g/mol. The molecule has 47 heavy (non-hydrogen) atoms. The molecule has 1 amide bonds. The van der Waals surface area contributed by atoms with Crippen LogP contribution in [0.2, 0.25) is 0 Å². The van der Waals surface area contributed by atoms with Gasteiger partial charge in [-0.05, 0) is 54.1 Å². The molecule has 0 aliphatic heterocycles. The zero-order valence-corrected chi connectivity index (χ0v) is 25.4. The van der Waals surface area contributed by atoms with Gasteiger partial charge in [0.2, 0.25) is 0 Å². The second-order valence-corrected chi connectivity index (χ2v) is 9.96. The lowest BCUT2D eigenvalue weighted by Gasteiger charge is -2.24. The molecule has 4 aromatic rings. The Morgan fingerprint density at radius 3 is 2.26 bits per heavy atom. The molecule has 3 aromatic carbocycles. The molecule has 2 atom stereocenters. The summed E-state index contributed by atoms with van der Waals surface area (Å²) in [4.78, 5) is 40.8. The standard InChI is InChI=1S/C30H30F3N7O7/c1-39(2)26(41)27(47-28(42)30(31,32)33)46-21-14-11-17(15-22(21)45-4)23(36-18-12-9-16(10-13-18)24(34)35)25-37-29(43)40(38-25)19-7-5-6-8-20(19)44-3/h5-15,23,27,36H,1-4H3,(H3,34,35)(H,37,38,43). The van der Waals surface area contributed by atoms with Crippen LogP contribution in [0.1, 0.15) is 23.0 Å².